The summed E-state index contributed by atoms with van der Waals surface area (Å²) in [6.07, 6.45) is 1.10. The van der Waals surface area contributed by atoms with Gasteiger partial charge in [-0.3, -0.25) is 4.79 Å². The highest BCUT2D eigenvalue weighted by Gasteiger charge is 2.07. The SMILES string of the molecule is CCOc1ccc(NC(=O)CCCN)cc1OC. The predicted molar refractivity (Wildman–Crippen MR) is 71.1 cm³/mol. The molecular formula is C13H20N2O3. The van der Waals surface area contributed by atoms with Crippen LogP contribution in [0.2, 0.25) is 0 Å². The molecule has 3 N–H and O–H groups in total. The molecular weight excluding hydrogens is 232 g/mol. The summed E-state index contributed by atoms with van der Waals surface area (Å²) in [5, 5.41) is 2.79. The number of nitrogens with one attached hydrogen (secondary N) is 1. The van der Waals surface area contributed by atoms with Crippen LogP contribution in [0.1, 0.15) is 19.8 Å². The molecule has 0 bridgehead atoms. The molecule has 0 unspecified atom stereocenters. The van der Waals surface area contributed by atoms with E-state index in [-0.39, 0.29) is 5.91 Å². The Balaban J connectivity index is 2.69. The van der Waals surface area contributed by atoms with Crippen LogP contribution in [-0.2, 0) is 4.79 Å². The first-order chi connectivity index (χ1) is 8.71. The molecule has 0 aliphatic carbocycles. The summed E-state index contributed by atoms with van der Waals surface area (Å²) in [6, 6.07) is 5.31. The fourth-order valence-electron chi connectivity index (χ4n) is 1.51. The van der Waals surface area contributed by atoms with Crippen molar-refractivity contribution in [1.29, 1.82) is 0 Å². The van der Waals surface area contributed by atoms with Crippen LogP contribution in [0, 0.1) is 0 Å². The van der Waals surface area contributed by atoms with E-state index in [9.17, 15) is 4.79 Å². The minimum Gasteiger partial charge on any atom is -0.493 e. The molecule has 18 heavy (non-hydrogen) atoms. The van der Waals surface area contributed by atoms with Gasteiger partial charge in [-0.2, -0.15) is 0 Å². The standard InChI is InChI=1S/C13H20N2O3/c1-3-18-11-7-6-10(9-12(11)17-2)15-13(16)5-4-8-14/h6-7,9H,3-5,8,14H2,1-2H3,(H,15,16). The van der Waals surface area contributed by atoms with E-state index >= 15 is 0 Å². The second-order valence-corrected chi connectivity index (χ2v) is 3.74. The lowest BCUT2D eigenvalue weighted by molar-refractivity contribution is -0.116. The molecule has 0 heterocycles. The van der Waals surface area contributed by atoms with Gasteiger partial charge in [0.05, 0.1) is 13.7 Å². The van der Waals surface area contributed by atoms with Crippen LogP contribution in [-0.4, -0.2) is 26.2 Å². The second-order valence-electron chi connectivity index (χ2n) is 3.74. The van der Waals surface area contributed by atoms with Crippen molar-refractivity contribution in [2.45, 2.75) is 19.8 Å². The van der Waals surface area contributed by atoms with E-state index in [4.69, 9.17) is 15.2 Å². The molecule has 0 saturated heterocycles. The summed E-state index contributed by atoms with van der Waals surface area (Å²) >= 11 is 0. The largest absolute Gasteiger partial charge is 0.493 e. The van der Waals surface area contributed by atoms with Crippen molar-refractivity contribution < 1.29 is 14.3 Å². The summed E-state index contributed by atoms with van der Waals surface area (Å²) in [7, 11) is 1.57. The van der Waals surface area contributed by atoms with E-state index in [1.807, 2.05) is 6.92 Å². The average molecular weight is 252 g/mol. The number of anilines is 1. The number of ether oxygens (including phenoxy) is 2. The fourth-order valence-corrected chi connectivity index (χ4v) is 1.51. The van der Waals surface area contributed by atoms with Crippen molar-refractivity contribution in [1.82, 2.24) is 0 Å². The van der Waals surface area contributed by atoms with Crippen LogP contribution in [0.25, 0.3) is 0 Å². The number of nitrogens with two attached hydrogens (primary N) is 1. The number of carbonyl (C=O) groups excluding carboxylic acids is 1. The average Bonchev–Trinajstić information content (AvgIpc) is 2.38. The van der Waals surface area contributed by atoms with Crippen molar-refractivity contribution in [2.75, 3.05) is 25.6 Å². The third kappa shape index (κ3) is 4.25. The van der Waals surface area contributed by atoms with Gasteiger partial charge in [0.1, 0.15) is 0 Å². The number of hydrogen-bond acceptors (Lipinski definition) is 4. The van der Waals surface area contributed by atoms with Gasteiger partial charge < -0.3 is 20.5 Å². The highest BCUT2D eigenvalue weighted by molar-refractivity contribution is 5.91. The number of hydrogen-bond donors (Lipinski definition) is 2. The highest BCUT2D eigenvalue weighted by atomic mass is 16.5. The van der Waals surface area contributed by atoms with Gasteiger partial charge in [-0.05, 0) is 32.0 Å². The number of methoxy groups -OCH3 is 1. The molecule has 0 atom stereocenters. The monoisotopic (exact) mass is 252 g/mol. The predicted octanol–water partition coefficient (Wildman–Crippen LogP) is 1.77. The lowest BCUT2D eigenvalue weighted by Gasteiger charge is -2.11. The van der Waals surface area contributed by atoms with Gasteiger partial charge in [-0.15, -0.1) is 0 Å². The first kappa shape index (κ1) is 14.3. The molecule has 1 amide bonds. The molecule has 0 saturated carbocycles. The minimum atomic E-state index is -0.0494. The number of rotatable bonds is 7. The van der Waals surface area contributed by atoms with Gasteiger partial charge >= 0.3 is 0 Å². The summed E-state index contributed by atoms with van der Waals surface area (Å²) in [6.45, 7) is 2.99. The zero-order valence-corrected chi connectivity index (χ0v) is 10.9. The molecule has 0 radical (unpaired) electrons. The molecule has 0 aliphatic rings. The van der Waals surface area contributed by atoms with Crippen LogP contribution < -0.4 is 20.5 Å². The van der Waals surface area contributed by atoms with Crippen LogP contribution in [0.5, 0.6) is 11.5 Å². The van der Waals surface area contributed by atoms with Gasteiger partial charge in [-0.25, -0.2) is 0 Å². The lowest BCUT2D eigenvalue weighted by Crippen LogP contribution is -2.13. The molecule has 0 fully saturated rings. The van der Waals surface area contributed by atoms with Gasteiger partial charge in [0, 0.05) is 18.2 Å². The zero-order valence-electron chi connectivity index (χ0n) is 10.9. The third-order valence-corrected chi connectivity index (χ3v) is 2.36. The first-order valence-corrected chi connectivity index (χ1v) is 6.02. The zero-order chi connectivity index (χ0) is 13.4. The Kier molecular flexibility index (Phi) is 6.00. The number of carbonyl (C=O) groups is 1. The summed E-state index contributed by atoms with van der Waals surface area (Å²) < 4.78 is 10.6. The van der Waals surface area contributed by atoms with E-state index in [1.165, 1.54) is 0 Å². The summed E-state index contributed by atoms with van der Waals surface area (Å²) in [5.41, 5.74) is 6.04. The van der Waals surface area contributed by atoms with E-state index in [1.54, 1.807) is 25.3 Å². The van der Waals surface area contributed by atoms with Crippen LogP contribution in [0.4, 0.5) is 5.69 Å². The molecule has 1 aromatic carbocycles. The normalized spacial score (nSPS) is 9.94. The van der Waals surface area contributed by atoms with Crippen LogP contribution in [0.3, 0.4) is 0 Å². The Labute approximate surface area is 107 Å². The Morgan fingerprint density at radius 3 is 2.78 bits per heavy atom. The van der Waals surface area contributed by atoms with Gasteiger partial charge in [0.2, 0.25) is 5.91 Å². The molecule has 100 valence electrons. The van der Waals surface area contributed by atoms with E-state index in [2.05, 4.69) is 5.32 Å². The Morgan fingerprint density at radius 2 is 2.17 bits per heavy atom. The fraction of sp³-hybridized carbons (Fsp3) is 0.462. The second kappa shape index (κ2) is 7.55. The van der Waals surface area contributed by atoms with E-state index in [0.29, 0.717) is 43.2 Å². The lowest BCUT2D eigenvalue weighted by atomic mass is 10.2. The maximum Gasteiger partial charge on any atom is 0.224 e. The molecule has 1 aromatic rings. The summed E-state index contributed by atoms with van der Waals surface area (Å²) in [5.74, 6) is 1.22. The van der Waals surface area contributed by atoms with Crippen LogP contribution in [0.15, 0.2) is 18.2 Å². The van der Waals surface area contributed by atoms with Crippen molar-refractivity contribution in [3.05, 3.63) is 18.2 Å². The third-order valence-electron chi connectivity index (χ3n) is 2.36. The Hall–Kier alpha value is -1.75. The van der Waals surface area contributed by atoms with Crippen LogP contribution >= 0.6 is 0 Å². The maximum absolute atomic E-state index is 11.5. The molecule has 5 heteroatoms. The van der Waals surface area contributed by atoms with Crippen molar-refractivity contribution in [3.63, 3.8) is 0 Å². The Morgan fingerprint density at radius 1 is 1.39 bits per heavy atom. The minimum absolute atomic E-state index is 0.0494. The maximum atomic E-state index is 11.5. The van der Waals surface area contributed by atoms with Crippen molar-refractivity contribution in [3.8, 4) is 11.5 Å². The first-order valence-electron chi connectivity index (χ1n) is 6.02. The van der Waals surface area contributed by atoms with Gasteiger partial charge in [-0.1, -0.05) is 0 Å². The summed E-state index contributed by atoms with van der Waals surface area (Å²) in [4.78, 5) is 11.5. The van der Waals surface area contributed by atoms with E-state index < -0.39 is 0 Å². The molecule has 5 nitrogen and oxygen atoms in total. The topological polar surface area (TPSA) is 73.6 Å². The quantitative estimate of drug-likeness (QED) is 0.775. The van der Waals surface area contributed by atoms with Gasteiger partial charge in [0.25, 0.3) is 0 Å². The van der Waals surface area contributed by atoms with E-state index in [0.717, 1.165) is 0 Å². The number of benzene rings is 1. The highest BCUT2D eigenvalue weighted by Crippen LogP contribution is 2.30. The smallest absolute Gasteiger partial charge is 0.224 e. The number of amides is 1. The molecule has 0 aliphatic heterocycles. The Bertz CT molecular complexity index is 394. The molecule has 0 aromatic heterocycles. The van der Waals surface area contributed by atoms with Crippen molar-refractivity contribution >= 4 is 11.6 Å². The van der Waals surface area contributed by atoms with Gasteiger partial charge in [0.15, 0.2) is 11.5 Å². The molecule has 0 spiro atoms. The van der Waals surface area contributed by atoms with Crippen molar-refractivity contribution in [2.24, 2.45) is 5.73 Å². The molecule has 1 rings (SSSR count).